The molecule has 9 nitrogen and oxygen atoms in total. The summed E-state index contributed by atoms with van der Waals surface area (Å²) in [6.45, 7) is 0.325. The number of rotatable bonds is 6. The predicted octanol–water partition coefficient (Wildman–Crippen LogP) is 2.57. The van der Waals surface area contributed by atoms with E-state index >= 15 is 0 Å². The average molecular weight is 421 g/mol. The van der Waals surface area contributed by atoms with Gasteiger partial charge in [0.1, 0.15) is 24.1 Å². The quantitative estimate of drug-likeness (QED) is 0.437. The molecular formula is C17H14Cl2N6O3. The van der Waals surface area contributed by atoms with E-state index in [0.29, 0.717) is 39.3 Å². The van der Waals surface area contributed by atoms with Crippen molar-refractivity contribution in [1.82, 2.24) is 24.7 Å². The van der Waals surface area contributed by atoms with E-state index < -0.39 is 0 Å². The van der Waals surface area contributed by atoms with E-state index in [1.165, 1.54) is 17.1 Å². The molecule has 0 fully saturated rings. The summed E-state index contributed by atoms with van der Waals surface area (Å²) < 4.78 is 6.56. The fourth-order valence-corrected chi connectivity index (χ4v) is 3.01. The SMILES string of the molecule is O=c1[nH]c(NCc2ccc(Cl)c(Cl)c2)nc2cnn(Cc3coc(CO)n3)c12. The van der Waals surface area contributed by atoms with E-state index in [0.717, 1.165) is 5.56 Å². The van der Waals surface area contributed by atoms with Gasteiger partial charge in [-0.3, -0.25) is 14.5 Å². The summed E-state index contributed by atoms with van der Waals surface area (Å²) in [6, 6.07) is 5.27. The van der Waals surface area contributed by atoms with Gasteiger partial charge in [-0.25, -0.2) is 9.97 Å². The molecule has 4 aromatic rings. The van der Waals surface area contributed by atoms with Crippen molar-refractivity contribution in [3.8, 4) is 0 Å². The zero-order chi connectivity index (χ0) is 19.7. The van der Waals surface area contributed by atoms with Crippen LogP contribution in [0.5, 0.6) is 0 Å². The molecule has 0 saturated heterocycles. The van der Waals surface area contributed by atoms with Gasteiger partial charge in [-0.2, -0.15) is 5.10 Å². The van der Waals surface area contributed by atoms with Crippen molar-refractivity contribution in [3.05, 3.63) is 68.2 Å². The van der Waals surface area contributed by atoms with Gasteiger partial charge >= 0.3 is 0 Å². The van der Waals surface area contributed by atoms with Crippen LogP contribution in [-0.2, 0) is 19.7 Å². The Morgan fingerprint density at radius 1 is 1.25 bits per heavy atom. The monoisotopic (exact) mass is 420 g/mol. The number of fused-ring (bicyclic) bond motifs is 1. The molecule has 3 aromatic heterocycles. The van der Waals surface area contributed by atoms with Crippen molar-refractivity contribution in [2.45, 2.75) is 19.7 Å². The molecule has 0 saturated carbocycles. The summed E-state index contributed by atoms with van der Waals surface area (Å²) in [5.41, 5.74) is 1.83. The number of aromatic amines is 1. The second-order valence-electron chi connectivity index (χ2n) is 5.94. The van der Waals surface area contributed by atoms with Gasteiger partial charge < -0.3 is 14.8 Å². The predicted molar refractivity (Wildman–Crippen MR) is 103 cm³/mol. The fraction of sp³-hybridized carbons (Fsp3) is 0.176. The Morgan fingerprint density at radius 3 is 2.86 bits per heavy atom. The normalized spacial score (nSPS) is 11.2. The third-order valence-electron chi connectivity index (χ3n) is 3.99. The number of benzene rings is 1. The standard InChI is InChI=1S/C17H14Cl2N6O3/c18-11-2-1-9(3-12(11)19)4-20-17-23-13-5-21-25(15(13)16(27)24-17)6-10-8-28-14(7-26)22-10/h1-3,5,8,26H,4,6-7H2,(H2,20,23,24,27). The van der Waals surface area contributed by atoms with E-state index in [-0.39, 0.29) is 24.6 Å². The highest BCUT2D eigenvalue weighted by molar-refractivity contribution is 6.42. The second kappa shape index (κ2) is 7.63. The first-order chi connectivity index (χ1) is 13.5. The summed E-state index contributed by atoms with van der Waals surface area (Å²) in [5.74, 6) is 0.513. The van der Waals surface area contributed by atoms with Crippen molar-refractivity contribution in [2.75, 3.05) is 5.32 Å². The van der Waals surface area contributed by atoms with Gasteiger partial charge in [0, 0.05) is 6.54 Å². The lowest BCUT2D eigenvalue weighted by atomic mass is 10.2. The van der Waals surface area contributed by atoms with Gasteiger partial charge in [-0.05, 0) is 17.7 Å². The molecule has 0 spiro atoms. The molecule has 0 amide bonds. The molecule has 0 radical (unpaired) electrons. The molecule has 0 aliphatic heterocycles. The van der Waals surface area contributed by atoms with Gasteiger partial charge in [0.05, 0.1) is 22.8 Å². The highest BCUT2D eigenvalue weighted by atomic mass is 35.5. The number of nitrogens with zero attached hydrogens (tertiary/aromatic N) is 4. The van der Waals surface area contributed by atoms with Crippen LogP contribution in [0.25, 0.3) is 11.0 Å². The zero-order valence-corrected chi connectivity index (χ0v) is 15.8. The zero-order valence-electron chi connectivity index (χ0n) is 14.3. The third-order valence-corrected chi connectivity index (χ3v) is 4.73. The number of anilines is 1. The van der Waals surface area contributed by atoms with Gasteiger partial charge in [-0.1, -0.05) is 29.3 Å². The van der Waals surface area contributed by atoms with Crippen LogP contribution >= 0.6 is 23.2 Å². The molecule has 0 bridgehead atoms. The maximum absolute atomic E-state index is 12.5. The van der Waals surface area contributed by atoms with E-state index in [2.05, 4.69) is 25.4 Å². The molecule has 0 aliphatic carbocycles. The van der Waals surface area contributed by atoms with E-state index in [1.807, 2.05) is 6.07 Å². The smallest absolute Gasteiger partial charge is 0.278 e. The van der Waals surface area contributed by atoms with Crippen molar-refractivity contribution in [1.29, 1.82) is 0 Å². The molecule has 0 aliphatic rings. The summed E-state index contributed by atoms with van der Waals surface area (Å²) in [4.78, 5) is 23.7. The van der Waals surface area contributed by atoms with E-state index in [1.54, 1.807) is 12.1 Å². The molecule has 0 atom stereocenters. The highest BCUT2D eigenvalue weighted by Crippen LogP contribution is 2.23. The van der Waals surface area contributed by atoms with Crippen LogP contribution in [0, 0.1) is 0 Å². The summed E-state index contributed by atoms with van der Waals surface area (Å²) >= 11 is 11.9. The number of aliphatic hydroxyl groups is 1. The topological polar surface area (TPSA) is 122 Å². The van der Waals surface area contributed by atoms with Crippen LogP contribution in [-0.4, -0.2) is 29.8 Å². The maximum Gasteiger partial charge on any atom is 0.278 e. The molecule has 1 aromatic carbocycles. The third kappa shape index (κ3) is 3.72. The number of aliphatic hydroxyl groups excluding tert-OH is 1. The molecule has 3 heterocycles. The molecule has 11 heteroatoms. The second-order valence-corrected chi connectivity index (χ2v) is 6.76. The van der Waals surface area contributed by atoms with Crippen LogP contribution in [0.4, 0.5) is 5.95 Å². The lowest BCUT2D eigenvalue weighted by Crippen LogP contribution is -2.16. The first kappa shape index (κ1) is 18.5. The Hall–Kier alpha value is -2.88. The molecule has 3 N–H and O–H groups in total. The number of H-pyrrole nitrogens is 1. The highest BCUT2D eigenvalue weighted by Gasteiger charge is 2.13. The first-order valence-corrected chi connectivity index (χ1v) is 8.97. The summed E-state index contributed by atoms with van der Waals surface area (Å²) in [5, 5.41) is 17.2. The average Bonchev–Trinajstić information content (AvgIpc) is 3.30. The number of hydrogen-bond donors (Lipinski definition) is 3. The molecule has 144 valence electrons. The van der Waals surface area contributed by atoms with Crippen molar-refractivity contribution >= 4 is 40.2 Å². The van der Waals surface area contributed by atoms with Gasteiger partial charge in [0.15, 0.2) is 5.52 Å². The van der Waals surface area contributed by atoms with E-state index in [9.17, 15) is 4.79 Å². The Bertz CT molecular complexity index is 1200. The van der Waals surface area contributed by atoms with Crippen molar-refractivity contribution in [3.63, 3.8) is 0 Å². The number of halogens is 2. The summed E-state index contributed by atoms with van der Waals surface area (Å²) in [6.07, 6.45) is 2.91. The van der Waals surface area contributed by atoms with Crippen LogP contribution in [0.2, 0.25) is 10.0 Å². The number of hydrogen-bond acceptors (Lipinski definition) is 7. The summed E-state index contributed by atoms with van der Waals surface area (Å²) in [7, 11) is 0. The largest absolute Gasteiger partial charge is 0.446 e. The number of oxazole rings is 1. The minimum absolute atomic E-state index is 0.201. The molecular weight excluding hydrogens is 407 g/mol. The van der Waals surface area contributed by atoms with Gasteiger partial charge in [0.2, 0.25) is 11.8 Å². The van der Waals surface area contributed by atoms with Crippen LogP contribution in [0.3, 0.4) is 0 Å². The van der Waals surface area contributed by atoms with Gasteiger partial charge in [0.25, 0.3) is 5.56 Å². The Morgan fingerprint density at radius 2 is 2.11 bits per heavy atom. The van der Waals surface area contributed by atoms with Crippen molar-refractivity contribution < 1.29 is 9.52 Å². The fourth-order valence-electron chi connectivity index (χ4n) is 2.69. The Kier molecular flexibility index (Phi) is 5.03. The van der Waals surface area contributed by atoms with Crippen LogP contribution in [0.1, 0.15) is 17.1 Å². The maximum atomic E-state index is 12.5. The lowest BCUT2D eigenvalue weighted by Gasteiger charge is -2.07. The minimum Gasteiger partial charge on any atom is -0.446 e. The Balaban J connectivity index is 1.55. The number of aromatic nitrogens is 5. The lowest BCUT2D eigenvalue weighted by molar-refractivity contribution is 0.240. The molecule has 4 rings (SSSR count). The van der Waals surface area contributed by atoms with Crippen molar-refractivity contribution in [2.24, 2.45) is 0 Å². The van der Waals surface area contributed by atoms with Gasteiger partial charge in [-0.15, -0.1) is 0 Å². The number of nitrogens with one attached hydrogen (secondary N) is 2. The van der Waals surface area contributed by atoms with Crippen LogP contribution in [0.15, 0.2) is 39.9 Å². The molecule has 0 unspecified atom stereocenters. The first-order valence-electron chi connectivity index (χ1n) is 8.21. The Labute approximate surface area is 167 Å². The van der Waals surface area contributed by atoms with E-state index in [4.69, 9.17) is 32.7 Å². The molecule has 28 heavy (non-hydrogen) atoms. The minimum atomic E-state index is -0.343. The van der Waals surface area contributed by atoms with Crippen LogP contribution < -0.4 is 10.9 Å².